The van der Waals surface area contributed by atoms with Gasteiger partial charge in [-0.3, -0.25) is 4.79 Å². The number of carboxylic acid groups (broad SMARTS) is 1. The minimum absolute atomic E-state index is 0.0398. The number of H-pyrrole nitrogens is 1. The Morgan fingerprint density at radius 3 is 2.48 bits per heavy atom. The van der Waals surface area contributed by atoms with Crippen LogP contribution in [0.4, 0.5) is 0 Å². The first-order chi connectivity index (χ1) is 26.9. The van der Waals surface area contributed by atoms with E-state index < -0.39 is 29.5 Å². The topological polar surface area (TPSA) is 204 Å². The van der Waals surface area contributed by atoms with E-state index in [4.69, 9.17) is 5.73 Å². The van der Waals surface area contributed by atoms with Crippen molar-refractivity contribution in [2.45, 2.75) is 121 Å². The van der Waals surface area contributed by atoms with Gasteiger partial charge in [-0.15, -0.1) is 0 Å². The average molecular weight is 777 g/mol. The summed E-state index contributed by atoms with van der Waals surface area (Å²) in [4.78, 5) is 16.0. The van der Waals surface area contributed by atoms with Gasteiger partial charge in [0.2, 0.25) is 0 Å². The first-order valence-corrected chi connectivity index (χ1v) is 21.1. The third-order valence-electron chi connectivity index (χ3n) is 12.8. The summed E-state index contributed by atoms with van der Waals surface area (Å²) >= 11 is 0. The maximum absolute atomic E-state index is 12.8. The summed E-state index contributed by atoms with van der Waals surface area (Å²) in [5.41, 5.74) is 8.28. The van der Waals surface area contributed by atoms with Crippen LogP contribution in [-0.2, 0) is 11.2 Å². The van der Waals surface area contributed by atoms with Crippen molar-refractivity contribution in [1.82, 2.24) is 15.6 Å². The fourth-order valence-electron chi connectivity index (χ4n) is 9.78. The Hall–Kier alpha value is -3.77. The normalized spacial score (nSPS) is 26.6. The van der Waals surface area contributed by atoms with Gasteiger partial charge >= 0.3 is 5.97 Å². The number of carbonyl (C=O) groups is 1. The van der Waals surface area contributed by atoms with E-state index in [1.165, 1.54) is 25.3 Å². The molecule has 0 spiro atoms. The molecule has 0 radical (unpaired) electrons. The van der Waals surface area contributed by atoms with Gasteiger partial charge in [-0.2, -0.15) is 0 Å². The first-order valence-electron chi connectivity index (χ1n) is 21.1. The van der Waals surface area contributed by atoms with Gasteiger partial charge in [-0.25, -0.2) is 0 Å². The van der Waals surface area contributed by atoms with Gasteiger partial charge in [0.25, 0.3) is 0 Å². The Morgan fingerprint density at radius 2 is 1.79 bits per heavy atom. The molecular weight excluding hydrogens is 709 g/mol. The number of aliphatic hydroxyl groups is 3. The Bertz CT molecular complexity index is 1630. The van der Waals surface area contributed by atoms with E-state index in [1.54, 1.807) is 12.1 Å². The molecule has 1 fully saturated rings. The molecule has 2 aliphatic carbocycles. The monoisotopic (exact) mass is 777 g/mol. The van der Waals surface area contributed by atoms with Crippen LogP contribution in [0.1, 0.15) is 103 Å². The second-order valence-electron chi connectivity index (χ2n) is 17.0. The fraction of sp³-hybridized carbons (Fsp3) is 0.622. The lowest BCUT2D eigenvalue weighted by atomic mass is 9.73. The molecule has 1 aliphatic heterocycles. The molecule has 1 aromatic heterocycles. The quantitative estimate of drug-likeness (QED) is 0.0466. The van der Waals surface area contributed by atoms with Crippen molar-refractivity contribution in [3.05, 3.63) is 71.7 Å². The van der Waals surface area contributed by atoms with Gasteiger partial charge in [-0.05, 0) is 119 Å². The highest BCUT2D eigenvalue weighted by Gasteiger charge is 2.51. The van der Waals surface area contributed by atoms with Crippen LogP contribution in [0.25, 0.3) is 11.3 Å². The molecule has 1 saturated carbocycles. The number of aliphatic carboxylic acids is 1. The van der Waals surface area contributed by atoms with E-state index in [0.29, 0.717) is 56.1 Å². The predicted octanol–water partition coefficient (Wildman–Crippen LogP) is 6.48. The number of benzene rings is 1. The number of hydrogen-bond acceptors (Lipinski definition) is 9. The van der Waals surface area contributed by atoms with Crippen molar-refractivity contribution < 1.29 is 35.4 Å². The number of carboxylic acids is 1. The molecule has 56 heavy (non-hydrogen) atoms. The van der Waals surface area contributed by atoms with Crippen LogP contribution in [-0.4, -0.2) is 79.5 Å². The minimum Gasteiger partial charge on any atom is -0.508 e. The molecule has 310 valence electrons. The zero-order valence-corrected chi connectivity index (χ0v) is 33.5. The highest BCUT2D eigenvalue weighted by Crippen LogP contribution is 2.49. The number of allylic oxidation sites excluding steroid dienone is 3. The second-order valence-corrected chi connectivity index (χ2v) is 17.0. The van der Waals surface area contributed by atoms with Gasteiger partial charge in [0, 0.05) is 47.9 Å². The molecular formula is C45H68N4O7. The highest BCUT2D eigenvalue weighted by atomic mass is 16.4. The van der Waals surface area contributed by atoms with Crippen molar-refractivity contribution in [2.24, 2.45) is 41.2 Å². The van der Waals surface area contributed by atoms with Crippen LogP contribution in [0.3, 0.4) is 0 Å². The number of phenols is 2. The van der Waals surface area contributed by atoms with Crippen LogP contribution in [0.2, 0.25) is 0 Å². The Balaban J connectivity index is 1.24. The molecule has 0 bridgehead atoms. The molecule has 2 heterocycles. The number of nitrogens with two attached hydrogens (primary N) is 1. The highest BCUT2D eigenvalue weighted by molar-refractivity contribution is 5.70. The summed E-state index contributed by atoms with van der Waals surface area (Å²) in [6.07, 6.45) is 18.9. The van der Waals surface area contributed by atoms with E-state index in [-0.39, 0.29) is 41.8 Å². The van der Waals surface area contributed by atoms with Gasteiger partial charge < -0.3 is 52.0 Å². The maximum atomic E-state index is 12.8. The number of aromatic hydroxyl groups is 2. The molecule has 9 unspecified atom stereocenters. The number of phenolic OH excluding ortho intramolecular Hbond substituents is 2. The van der Waals surface area contributed by atoms with Gasteiger partial charge in [-0.1, -0.05) is 63.7 Å². The summed E-state index contributed by atoms with van der Waals surface area (Å²) in [6, 6.07) is 8.29. The number of aliphatic hydroxyl groups excluding tert-OH is 2. The molecule has 5 rings (SSSR count). The summed E-state index contributed by atoms with van der Waals surface area (Å²) in [5.74, 6) is -1.29. The minimum atomic E-state index is -1.20. The van der Waals surface area contributed by atoms with Crippen LogP contribution < -0.4 is 16.4 Å². The zero-order chi connectivity index (χ0) is 40.2. The molecule has 11 nitrogen and oxygen atoms in total. The van der Waals surface area contributed by atoms with Crippen molar-refractivity contribution in [1.29, 1.82) is 0 Å². The number of unbranched alkanes of at least 4 members (excludes halogenated alkanes) is 4. The number of dihydropyridines is 1. The number of aromatic amines is 1. The first kappa shape index (κ1) is 43.4. The number of nitrogens with one attached hydrogen (secondary N) is 3. The van der Waals surface area contributed by atoms with E-state index in [2.05, 4.69) is 40.8 Å². The van der Waals surface area contributed by atoms with Crippen molar-refractivity contribution in [3.8, 4) is 22.8 Å². The molecule has 2 aromatic rings. The summed E-state index contributed by atoms with van der Waals surface area (Å²) < 4.78 is 0. The Kier molecular flexibility index (Phi) is 15.9. The Labute approximate surface area is 333 Å². The van der Waals surface area contributed by atoms with Gasteiger partial charge in [0.05, 0.1) is 29.5 Å². The van der Waals surface area contributed by atoms with Gasteiger partial charge in [0.1, 0.15) is 11.5 Å². The summed E-state index contributed by atoms with van der Waals surface area (Å²) in [6.45, 7) is 3.27. The van der Waals surface area contributed by atoms with Crippen molar-refractivity contribution in [2.75, 3.05) is 20.1 Å². The predicted molar refractivity (Wildman–Crippen MR) is 221 cm³/mol. The Morgan fingerprint density at radius 1 is 1.02 bits per heavy atom. The number of rotatable bonds is 22. The largest absolute Gasteiger partial charge is 0.508 e. The van der Waals surface area contributed by atoms with E-state index in [0.717, 1.165) is 61.9 Å². The second kappa shape index (κ2) is 20.6. The van der Waals surface area contributed by atoms with E-state index in [1.807, 2.05) is 25.3 Å². The zero-order valence-electron chi connectivity index (χ0n) is 33.5. The summed E-state index contributed by atoms with van der Waals surface area (Å²) in [7, 11) is 1.82. The maximum Gasteiger partial charge on any atom is 0.309 e. The average Bonchev–Trinajstić information content (AvgIpc) is 3.74. The molecule has 1 aromatic carbocycles. The standard InChI is InChI=1S/C45H68N4O7/c1-3-4-6-9-29-12-13-32(41(52)20-29)10-7-5-8-11-39(44(54)55)42(53)25-35(28-47-2)45(56)27-31(18-30-16-17-48-43(46)21-30)19-34(45)24-36-14-15-40(49-36)33-22-37(50)26-38(51)23-33/h12-16,21-23,26,29,31-32,34-35,39,41-42,47-53,56H,3-11,17-20,24-25,27-28,46H2,1-2H3,(H,54,55). The van der Waals surface area contributed by atoms with E-state index in [9.17, 15) is 35.4 Å². The SMILES string of the molecule is CCCCCC1C=CC(CCCCCC(C(=O)O)C(O)CC(CNC)C2(O)CC(CC3=CCNC(N)=C3)CC2Cc2ccc(-c3cc(O)cc(O)c3)[nH]2)C(O)C1. The molecule has 0 saturated heterocycles. The number of hydrogen-bond donors (Lipinski definition) is 10. The molecule has 0 amide bonds. The van der Waals surface area contributed by atoms with Gasteiger partial charge in [0.15, 0.2) is 0 Å². The molecule has 11 heteroatoms. The van der Waals surface area contributed by atoms with Crippen LogP contribution in [0.5, 0.6) is 11.5 Å². The van der Waals surface area contributed by atoms with Crippen LogP contribution >= 0.6 is 0 Å². The van der Waals surface area contributed by atoms with Crippen molar-refractivity contribution in [3.63, 3.8) is 0 Å². The lowest BCUT2D eigenvalue weighted by Gasteiger charge is -2.40. The summed E-state index contributed by atoms with van der Waals surface area (Å²) in [5, 5.41) is 72.0. The third kappa shape index (κ3) is 11.9. The van der Waals surface area contributed by atoms with Crippen LogP contribution in [0, 0.1) is 35.5 Å². The lowest BCUT2D eigenvalue weighted by molar-refractivity contribution is -0.148. The third-order valence-corrected chi connectivity index (χ3v) is 12.8. The lowest BCUT2D eigenvalue weighted by Crippen LogP contribution is -2.48. The number of aromatic nitrogens is 1. The molecule has 9 atom stereocenters. The fourth-order valence-corrected chi connectivity index (χ4v) is 9.78. The molecule has 3 aliphatic rings. The van der Waals surface area contributed by atoms with Crippen molar-refractivity contribution >= 4 is 5.97 Å². The molecule has 11 N–H and O–H groups in total. The van der Waals surface area contributed by atoms with Crippen LogP contribution in [0.15, 0.2) is 66.0 Å². The van der Waals surface area contributed by atoms with E-state index >= 15 is 0 Å². The smallest absolute Gasteiger partial charge is 0.309 e.